The third-order valence-electron chi connectivity index (χ3n) is 4.62. The molecule has 0 spiro atoms. The minimum absolute atomic E-state index is 0.0275. The second-order valence-electron chi connectivity index (χ2n) is 7.17. The number of nitriles is 1. The zero-order valence-electron chi connectivity index (χ0n) is 17.4. The molecule has 0 saturated carbocycles. The van der Waals surface area contributed by atoms with E-state index in [0.29, 0.717) is 11.3 Å². The van der Waals surface area contributed by atoms with Crippen molar-refractivity contribution in [3.63, 3.8) is 0 Å². The average Bonchev–Trinajstić information content (AvgIpc) is 3.29. The van der Waals surface area contributed by atoms with Crippen molar-refractivity contribution in [3.8, 4) is 23.0 Å². The van der Waals surface area contributed by atoms with Crippen LogP contribution in [-0.4, -0.2) is 35.8 Å². The number of halogens is 3. The third-order valence-corrected chi connectivity index (χ3v) is 4.62. The van der Waals surface area contributed by atoms with Crippen molar-refractivity contribution in [2.75, 3.05) is 5.32 Å². The number of carboxylic acids is 1. The maximum atomic E-state index is 13.1. The van der Waals surface area contributed by atoms with Gasteiger partial charge in [0, 0.05) is 41.6 Å². The van der Waals surface area contributed by atoms with E-state index < -0.39 is 17.8 Å². The fourth-order valence-corrected chi connectivity index (χ4v) is 3.16. The monoisotopic (exact) mass is 465 g/mol. The summed E-state index contributed by atoms with van der Waals surface area (Å²) in [6, 6.07) is 9.14. The van der Waals surface area contributed by atoms with Gasteiger partial charge in [-0.05, 0) is 42.8 Å². The van der Waals surface area contributed by atoms with Gasteiger partial charge in [0.15, 0.2) is 11.5 Å². The molecule has 2 N–H and O–H groups in total. The molecule has 0 aliphatic rings. The van der Waals surface area contributed by atoms with Crippen molar-refractivity contribution in [1.29, 1.82) is 5.26 Å². The molecule has 3 aromatic heterocycles. The number of aromatic nitrogens is 5. The van der Waals surface area contributed by atoms with Crippen LogP contribution in [0.5, 0.6) is 0 Å². The molecule has 0 fully saturated rings. The van der Waals surface area contributed by atoms with Crippen molar-refractivity contribution >= 4 is 17.6 Å². The van der Waals surface area contributed by atoms with Crippen LogP contribution < -0.4 is 5.32 Å². The van der Waals surface area contributed by atoms with Crippen LogP contribution in [0.15, 0.2) is 55.1 Å². The Morgan fingerprint density at radius 1 is 1.18 bits per heavy atom. The lowest BCUT2D eigenvalue weighted by Gasteiger charge is -2.12. The molecule has 0 unspecified atom stereocenters. The number of nitrogens with one attached hydrogen (secondary N) is 1. The molecular weight excluding hydrogens is 451 g/mol. The van der Waals surface area contributed by atoms with Crippen LogP contribution in [0.1, 0.15) is 27.2 Å². The number of hydrogen-bond acceptors (Lipinski definition) is 7. The quantitative estimate of drug-likeness (QED) is 0.445. The molecule has 0 bridgehead atoms. The molecule has 3 heterocycles. The van der Waals surface area contributed by atoms with E-state index in [1.807, 2.05) is 6.07 Å². The Bertz CT molecular complexity index is 1440. The van der Waals surface area contributed by atoms with Gasteiger partial charge < -0.3 is 10.4 Å². The van der Waals surface area contributed by atoms with Crippen molar-refractivity contribution in [3.05, 3.63) is 77.5 Å². The number of anilines is 2. The number of hydrogen-bond donors (Lipinski definition) is 2. The van der Waals surface area contributed by atoms with Crippen molar-refractivity contribution in [1.82, 2.24) is 24.7 Å². The highest BCUT2D eigenvalue weighted by atomic mass is 19.4. The van der Waals surface area contributed by atoms with E-state index >= 15 is 0 Å². The van der Waals surface area contributed by atoms with Crippen LogP contribution in [-0.2, 0) is 6.18 Å². The SMILES string of the molecule is Cc1cc(C#N)cc(Nc2ncc(-c3cncc(C(=O)O)c3)c(-n3ccc(C(F)(F)F)n3)n2)c1. The van der Waals surface area contributed by atoms with E-state index in [1.54, 1.807) is 25.1 Å². The lowest BCUT2D eigenvalue weighted by atomic mass is 10.1. The van der Waals surface area contributed by atoms with Gasteiger partial charge in [0.05, 0.1) is 17.2 Å². The fraction of sp³-hybridized carbons (Fsp3) is 0.0909. The number of carboxylic acid groups (broad SMARTS) is 1. The number of pyridine rings is 1. The van der Waals surface area contributed by atoms with E-state index in [0.717, 1.165) is 28.7 Å². The van der Waals surface area contributed by atoms with E-state index in [4.69, 9.17) is 0 Å². The molecule has 4 rings (SSSR count). The normalized spacial score (nSPS) is 11.1. The van der Waals surface area contributed by atoms with Crippen molar-refractivity contribution in [2.45, 2.75) is 13.1 Å². The number of aryl methyl sites for hydroxylation is 1. The molecule has 12 heteroatoms. The topological polar surface area (TPSA) is 130 Å². The maximum Gasteiger partial charge on any atom is 0.435 e. The highest BCUT2D eigenvalue weighted by molar-refractivity contribution is 5.89. The van der Waals surface area contributed by atoms with Gasteiger partial charge in [-0.2, -0.15) is 28.5 Å². The van der Waals surface area contributed by atoms with Crippen LogP contribution in [0.2, 0.25) is 0 Å². The van der Waals surface area contributed by atoms with Crippen LogP contribution in [0.25, 0.3) is 16.9 Å². The van der Waals surface area contributed by atoms with Crippen LogP contribution in [0.3, 0.4) is 0 Å². The molecule has 1 aromatic carbocycles. The predicted molar refractivity (Wildman–Crippen MR) is 114 cm³/mol. The average molecular weight is 465 g/mol. The molecule has 4 aromatic rings. The highest BCUT2D eigenvalue weighted by Gasteiger charge is 2.34. The summed E-state index contributed by atoms with van der Waals surface area (Å²) in [4.78, 5) is 23.8. The summed E-state index contributed by atoms with van der Waals surface area (Å²) >= 11 is 0. The summed E-state index contributed by atoms with van der Waals surface area (Å²) in [5, 5.41) is 24.9. The first kappa shape index (κ1) is 22.4. The number of rotatable bonds is 5. The minimum Gasteiger partial charge on any atom is -0.478 e. The predicted octanol–water partition coefficient (Wildman–Crippen LogP) is 4.37. The Morgan fingerprint density at radius 3 is 2.65 bits per heavy atom. The fourth-order valence-electron chi connectivity index (χ4n) is 3.16. The maximum absolute atomic E-state index is 13.1. The summed E-state index contributed by atoms with van der Waals surface area (Å²) in [6.07, 6.45) is 0.230. The van der Waals surface area contributed by atoms with Crippen molar-refractivity contribution < 1.29 is 23.1 Å². The Hall–Kier alpha value is -4.79. The highest BCUT2D eigenvalue weighted by Crippen LogP contribution is 2.30. The second kappa shape index (κ2) is 8.62. The first-order valence-electron chi connectivity index (χ1n) is 9.62. The first-order valence-corrected chi connectivity index (χ1v) is 9.62. The second-order valence-corrected chi connectivity index (χ2v) is 7.17. The smallest absolute Gasteiger partial charge is 0.435 e. The van der Waals surface area contributed by atoms with E-state index in [2.05, 4.69) is 25.4 Å². The lowest BCUT2D eigenvalue weighted by molar-refractivity contribution is -0.141. The van der Waals surface area contributed by atoms with Crippen molar-refractivity contribution in [2.24, 2.45) is 0 Å². The summed E-state index contributed by atoms with van der Waals surface area (Å²) in [5.41, 5.74) is 0.941. The number of nitrogens with zero attached hydrogens (tertiary/aromatic N) is 6. The summed E-state index contributed by atoms with van der Waals surface area (Å²) in [7, 11) is 0. The largest absolute Gasteiger partial charge is 0.478 e. The van der Waals surface area contributed by atoms with Gasteiger partial charge in [0.1, 0.15) is 0 Å². The standard InChI is InChI=1S/C22H14F3N7O2/c1-12-4-13(8-26)6-16(5-12)29-21-28-11-17(14-7-15(20(33)34)10-27-9-14)19(30-21)32-3-2-18(31-32)22(23,24)25/h2-7,9-11H,1H3,(H,33,34)(H,28,29,30). The molecule has 0 aliphatic carbocycles. The van der Waals surface area contributed by atoms with Gasteiger partial charge in [-0.15, -0.1) is 0 Å². The zero-order chi connectivity index (χ0) is 24.5. The van der Waals surface area contributed by atoms with Gasteiger partial charge in [-0.3, -0.25) is 4.98 Å². The molecule has 170 valence electrons. The Balaban J connectivity index is 1.83. The van der Waals surface area contributed by atoms with Gasteiger partial charge in [-0.1, -0.05) is 0 Å². The summed E-state index contributed by atoms with van der Waals surface area (Å²) in [5.74, 6) is -1.23. The minimum atomic E-state index is -4.67. The van der Waals surface area contributed by atoms with Crippen LogP contribution in [0, 0.1) is 18.3 Å². The summed E-state index contributed by atoms with van der Waals surface area (Å²) < 4.78 is 40.3. The van der Waals surface area contributed by atoms with Crippen LogP contribution >= 0.6 is 0 Å². The number of benzene rings is 1. The van der Waals surface area contributed by atoms with E-state index in [9.17, 15) is 28.3 Å². The Labute approximate surface area is 190 Å². The summed E-state index contributed by atoms with van der Waals surface area (Å²) in [6.45, 7) is 1.80. The van der Waals surface area contributed by atoms with Crippen LogP contribution in [0.4, 0.5) is 24.8 Å². The van der Waals surface area contributed by atoms with Gasteiger partial charge in [-0.25, -0.2) is 14.5 Å². The zero-order valence-corrected chi connectivity index (χ0v) is 17.4. The molecule has 34 heavy (non-hydrogen) atoms. The van der Waals surface area contributed by atoms with Gasteiger partial charge in [0.2, 0.25) is 5.95 Å². The van der Waals surface area contributed by atoms with E-state index in [-0.39, 0.29) is 28.5 Å². The molecule has 0 radical (unpaired) electrons. The van der Waals surface area contributed by atoms with Gasteiger partial charge in [0.25, 0.3) is 0 Å². The molecular formula is C22H14F3N7O2. The molecule has 9 nitrogen and oxygen atoms in total. The number of aromatic carboxylic acids is 1. The molecule has 0 saturated heterocycles. The Kier molecular flexibility index (Phi) is 5.68. The molecule has 0 atom stereocenters. The molecule has 0 amide bonds. The molecule has 0 aliphatic heterocycles. The lowest BCUT2D eigenvalue weighted by Crippen LogP contribution is -2.10. The van der Waals surface area contributed by atoms with E-state index in [1.165, 1.54) is 18.5 Å². The number of alkyl halides is 3. The Morgan fingerprint density at radius 2 is 1.97 bits per heavy atom. The number of carbonyl (C=O) groups is 1. The first-order chi connectivity index (χ1) is 16.1. The third kappa shape index (κ3) is 4.68. The van der Waals surface area contributed by atoms with Gasteiger partial charge >= 0.3 is 12.1 Å².